The Balaban J connectivity index is 1.71. The molecule has 0 spiro atoms. The van der Waals surface area contributed by atoms with E-state index in [9.17, 15) is 9.59 Å². The second-order valence-corrected chi connectivity index (χ2v) is 9.00. The van der Waals surface area contributed by atoms with E-state index >= 15 is 0 Å². The summed E-state index contributed by atoms with van der Waals surface area (Å²) in [4.78, 5) is 34.1. The van der Waals surface area contributed by atoms with E-state index in [1.165, 1.54) is 24.2 Å². The Morgan fingerprint density at radius 1 is 1.15 bits per heavy atom. The first-order chi connectivity index (χ1) is 12.4. The molecule has 3 amide bonds. The van der Waals surface area contributed by atoms with Gasteiger partial charge < -0.3 is 9.80 Å². The molecule has 3 rings (SSSR count). The molecule has 7 heteroatoms. The molecule has 6 nitrogen and oxygen atoms in total. The first-order valence-corrected chi connectivity index (χ1v) is 10.5. The molecule has 0 radical (unpaired) electrons. The van der Waals surface area contributed by atoms with Crippen molar-refractivity contribution in [3.8, 4) is 0 Å². The average Bonchev–Trinajstić information content (AvgIpc) is 3.02. The fourth-order valence-electron chi connectivity index (χ4n) is 4.18. The Hall–Kier alpha value is -1.63. The maximum Gasteiger partial charge on any atom is 0.324 e. The van der Waals surface area contributed by atoms with Crippen LogP contribution in [0.15, 0.2) is 6.20 Å². The van der Waals surface area contributed by atoms with Gasteiger partial charge in [0.05, 0.1) is 0 Å². The number of urea groups is 1. The van der Waals surface area contributed by atoms with Crippen LogP contribution in [0.5, 0.6) is 0 Å². The van der Waals surface area contributed by atoms with Crippen molar-refractivity contribution in [2.75, 3.05) is 18.4 Å². The van der Waals surface area contributed by atoms with E-state index in [1.54, 1.807) is 13.1 Å². The molecule has 1 aliphatic heterocycles. The van der Waals surface area contributed by atoms with Gasteiger partial charge in [-0.3, -0.25) is 10.1 Å². The summed E-state index contributed by atoms with van der Waals surface area (Å²) in [5, 5.41) is 3.69. The standard InChI is InChI=1S/C19H30N4O2S/c1-13-4-6-16(7-5-13)23(17-8-10-22(11-9-17)15(3)24)19(25)21-18-20-12-14(2)26-18/h12-13,16-17H,4-11H2,1-3H3,(H,20,21,25). The van der Waals surface area contributed by atoms with Gasteiger partial charge in [0.1, 0.15) is 0 Å². The van der Waals surface area contributed by atoms with Gasteiger partial charge in [-0.2, -0.15) is 0 Å². The lowest BCUT2D eigenvalue weighted by atomic mass is 9.85. The number of hydrogen-bond acceptors (Lipinski definition) is 4. The number of nitrogens with zero attached hydrogens (tertiary/aromatic N) is 3. The summed E-state index contributed by atoms with van der Waals surface area (Å²) in [6.45, 7) is 7.39. The van der Waals surface area contributed by atoms with Crippen molar-refractivity contribution >= 4 is 28.4 Å². The first-order valence-electron chi connectivity index (χ1n) is 9.71. The zero-order valence-electron chi connectivity index (χ0n) is 16.0. The van der Waals surface area contributed by atoms with E-state index in [-0.39, 0.29) is 18.0 Å². The Morgan fingerprint density at radius 3 is 2.31 bits per heavy atom. The molecule has 0 unspecified atom stereocenters. The van der Waals surface area contributed by atoms with Gasteiger partial charge in [0.15, 0.2) is 5.13 Å². The van der Waals surface area contributed by atoms with Gasteiger partial charge in [0, 0.05) is 43.2 Å². The normalized spacial score (nSPS) is 24.3. The molecule has 1 aliphatic carbocycles. The topological polar surface area (TPSA) is 65.5 Å². The second-order valence-electron chi connectivity index (χ2n) is 7.76. The number of hydrogen-bond donors (Lipinski definition) is 1. The van der Waals surface area contributed by atoms with E-state index in [0.29, 0.717) is 11.2 Å². The molecule has 1 N–H and O–H groups in total. The van der Waals surface area contributed by atoms with Gasteiger partial charge in [-0.05, 0) is 51.4 Å². The highest BCUT2D eigenvalue weighted by molar-refractivity contribution is 7.15. The van der Waals surface area contributed by atoms with E-state index in [1.807, 2.05) is 11.8 Å². The Labute approximate surface area is 160 Å². The molecule has 0 aromatic carbocycles. The van der Waals surface area contributed by atoms with E-state index in [2.05, 4.69) is 22.1 Å². The summed E-state index contributed by atoms with van der Waals surface area (Å²) in [7, 11) is 0. The maximum atomic E-state index is 13.1. The molecule has 1 aromatic heterocycles. The lowest BCUT2D eigenvalue weighted by Crippen LogP contribution is -2.54. The highest BCUT2D eigenvalue weighted by atomic mass is 32.1. The van der Waals surface area contributed by atoms with Gasteiger partial charge in [-0.25, -0.2) is 9.78 Å². The molecular weight excluding hydrogens is 348 g/mol. The molecule has 2 heterocycles. The molecule has 0 atom stereocenters. The van der Waals surface area contributed by atoms with E-state index < -0.39 is 0 Å². The second kappa shape index (κ2) is 8.37. The average molecular weight is 379 g/mol. The van der Waals surface area contributed by atoms with Crippen molar-refractivity contribution in [2.45, 2.75) is 71.4 Å². The van der Waals surface area contributed by atoms with Crippen molar-refractivity contribution < 1.29 is 9.59 Å². The predicted octanol–water partition coefficient (Wildman–Crippen LogP) is 3.88. The summed E-state index contributed by atoms with van der Waals surface area (Å²) >= 11 is 1.51. The molecule has 144 valence electrons. The lowest BCUT2D eigenvalue weighted by Gasteiger charge is -2.44. The number of anilines is 1. The largest absolute Gasteiger partial charge is 0.343 e. The van der Waals surface area contributed by atoms with Crippen LogP contribution >= 0.6 is 11.3 Å². The number of carbonyl (C=O) groups is 2. The Bertz CT molecular complexity index is 631. The number of thiazole rings is 1. The molecule has 2 fully saturated rings. The minimum Gasteiger partial charge on any atom is -0.343 e. The van der Waals surface area contributed by atoms with Crippen molar-refractivity contribution in [3.05, 3.63) is 11.1 Å². The van der Waals surface area contributed by atoms with Crippen molar-refractivity contribution in [3.63, 3.8) is 0 Å². The highest BCUT2D eigenvalue weighted by Gasteiger charge is 2.35. The summed E-state index contributed by atoms with van der Waals surface area (Å²) in [5.41, 5.74) is 0. The molecule has 1 aromatic rings. The van der Waals surface area contributed by atoms with Crippen LogP contribution < -0.4 is 5.32 Å². The molecule has 1 saturated carbocycles. The number of piperidine rings is 1. The zero-order chi connectivity index (χ0) is 18.7. The third-order valence-electron chi connectivity index (χ3n) is 5.75. The molecule has 2 aliphatic rings. The van der Waals surface area contributed by atoms with Gasteiger partial charge in [0.25, 0.3) is 0 Å². The van der Waals surface area contributed by atoms with Gasteiger partial charge in [-0.1, -0.05) is 6.92 Å². The minimum atomic E-state index is -0.0276. The van der Waals surface area contributed by atoms with Crippen molar-refractivity contribution in [1.29, 1.82) is 0 Å². The fraction of sp³-hybridized carbons (Fsp3) is 0.737. The summed E-state index contributed by atoms with van der Waals surface area (Å²) in [6.07, 6.45) is 8.00. The molecular formula is C19H30N4O2S. The maximum absolute atomic E-state index is 13.1. The van der Waals surface area contributed by atoms with Crippen LogP contribution in [-0.2, 0) is 4.79 Å². The van der Waals surface area contributed by atoms with Gasteiger partial charge in [0.2, 0.25) is 5.91 Å². The first kappa shape index (κ1) is 19.1. The monoisotopic (exact) mass is 378 g/mol. The van der Waals surface area contributed by atoms with Crippen LogP contribution in [0.1, 0.15) is 57.2 Å². The molecule has 26 heavy (non-hydrogen) atoms. The quantitative estimate of drug-likeness (QED) is 0.868. The van der Waals surface area contributed by atoms with Crippen molar-refractivity contribution in [1.82, 2.24) is 14.8 Å². The number of likely N-dealkylation sites (tertiary alicyclic amines) is 1. The Kier molecular flexibility index (Phi) is 6.16. The number of carbonyl (C=O) groups excluding carboxylic acids is 2. The van der Waals surface area contributed by atoms with Gasteiger partial charge in [-0.15, -0.1) is 11.3 Å². The molecule has 1 saturated heterocycles. The van der Waals surface area contributed by atoms with Crippen LogP contribution in [0.4, 0.5) is 9.93 Å². The van der Waals surface area contributed by atoms with Gasteiger partial charge >= 0.3 is 6.03 Å². The zero-order valence-corrected chi connectivity index (χ0v) is 16.8. The minimum absolute atomic E-state index is 0.0276. The number of amides is 3. The lowest BCUT2D eigenvalue weighted by molar-refractivity contribution is -0.130. The summed E-state index contributed by atoms with van der Waals surface area (Å²) < 4.78 is 0. The smallest absolute Gasteiger partial charge is 0.324 e. The summed E-state index contributed by atoms with van der Waals surface area (Å²) in [5.74, 6) is 0.876. The summed E-state index contributed by atoms with van der Waals surface area (Å²) in [6, 6.07) is 0.464. The van der Waals surface area contributed by atoms with Crippen LogP contribution in [0.25, 0.3) is 0 Å². The fourth-order valence-corrected chi connectivity index (χ4v) is 4.83. The van der Waals surface area contributed by atoms with E-state index in [4.69, 9.17) is 0 Å². The number of nitrogens with one attached hydrogen (secondary N) is 1. The van der Waals surface area contributed by atoms with Crippen LogP contribution in [0, 0.1) is 12.8 Å². The van der Waals surface area contributed by atoms with E-state index in [0.717, 1.165) is 49.6 Å². The van der Waals surface area contributed by atoms with Crippen LogP contribution in [-0.4, -0.2) is 51.9 Å². The highest BCUT2D eigenvalue weighted by Crippen LogP contribution is 2.31. The third-order valence-corrected chi connectivity index (χ3v) is 6.58. The predicted molar refractivity (Wildman–Crippen MR) is 104 cm³/mol. The van der Waals surface area contributed by atoms with Crippen LogP contribution in [0.2, 0.25) is 0 Å². The number of aromatic nitrogens is 1. The number of rotatable bonds is 3. The van der Waals surface area contributed by atoms with Crippen LogP contribution in [0.3, 0.4) is 0 Å². The third kappa shape index (κ3) is 4.55. The Morgan fingerprint density at radius 2 is 1.77 bits per heavy atom. The SMILES string of the molecule is CC(=O)N1CCC(N(C(=O)Nc2ncc(C)s2)C2CCC(C)CC2)CC1. The van der Waals surface area contributed by atoms with Crippen molar-refractivity contribution in [2.24, 2.45) is 5.92 Å². The molecule has 0 bridgehead atoms. The number of aryl methyl sites for hydroxylation is 1.